The lowest BCUT2D eigenvalue weighted by Crippen LogP contribution is -2.38. The number of rotatable bonds is 4. The molecule has 2 heterocycles. The van der Waals surface area contributed by atoms with Crippen molar-refractivity contribution in [3.05, 3.63) is 47.6 Å². The fourth-order valence-electron chi connectivity index (χ4n) is 3.57. The number of carbonyl (C=O) groups is 2. The zero-order valence-corrected chi connectivity index (χ0v) is 15.5. The molecule has 1 unspecified atom stereocenters. The van der Waals surface area contributed by atoms with Crippen LogP contribution in [0.1, 0.15) is 53.8 Å². The van der Waals surface area contributed by atoms with Crippen molar-refractivity contribution >= 4 is 11.8 Å². The monoisotopic (exact) mass is 368 g/mol. The van der Waals surface area contributed by atoms with Crippen molar-refractivity contribution in [2.24, 2.45) is 5.92 Å². The molecule has 1 atom stereocenters. The van der Waals surface area contributed by atoms with E-state index in [4.69, 9.17) is 4.52 Å². The first-order chi connectivity index (χ1) is 13.1. The van der Waals surface area contributed by atoms with Crippen molar-refractivity contribution in [3.63, 3.8) is 0 Å². The fraction of sp³-hybridized carbons (Fsp3) is 0.500. The van der Waals surface area contributed by atoms with E-state index in [0.29, 0.717) is 55.7 Å². The minimum atomic E-state index is -0.322. The van der Waals surface area contributed by atoms with E-state index in [1.165, 1.54) is 0 Å². The first-order valence-electron chi connectivity index (χ1n) is 9.56. The van der Waals surface area contributed by atoms with Crippen molar-refractivity contribution in [2.75, 3.05) is 19.6 Å². The Morgan fingerprint density at radius 1 is 1.11 bits per heavy atom. The van der Waals surface area contributed by atoms with Gasteiger partial charge in [-0.25, -0.2) is 0 Å². The second-order valence-corrected chi connectivity index (χ2v) is 7.38. The third-order valence-corrected chi connectivity index (χ3v) is 5.28. The summed E-state index contributed by atoms with van der Waals surface area (Å²) in [4.78, 5) is 33.7. The lowest BCUT2D eigenvalue weighted by atomic mass is 10.1. The second-order valence-electron chi connectivity index (χ2n) is 7.38. The van der Waals surface area contributed by atoms with Gasteiger partial charge in [-0.1, -0.05) is 23.4 Å². The van der Waals surface area contributed by atoms with Gasteiger partial charge in [0, 0.05) is 31.6 Å². The van der Waals surface area contributed by atoms with E-state index in [1.807, 2.05) is 23.1 Å². The van der Waals surface area contributed by atoms with Gasteiger partial charge in [0.2, 0.25) is 11.8 Å². The highest BCUT2D eigenvalue weighted by Crippen LogP contribution is 2.34. The molecule has 1 aromatic heterocycles. The van der Waals surface area contributed by atoms with Crippen LogP contribution in [0.2, 0.25) is 0 Å². The number of hydrogen-bond donors (Lipinski definition) is 0. The van der Waals surface area contributed by atoms with Gasteiger partial charge >= 0.3 is 0 Å². The molecular weight excluding hydrogens is 344 g/mol. The summed E-state index contributed by atoms with van der Waals surface area (Å²) in [5.41, 5.74) is 0.622. The Bertz CT molecular complexity index is 816. The average molecular weight is 368 g/mol. The largest absolute Gasteiger partial charge is 0.341 e. The van der Waals surface area contributed by atoms with Crippen LogP contribution in [0.4, 0.5) is 0 Å². The average Bonchev–Trinajstić information content (AvgIpc) is 3.44. The van der Waals surface area contributed by atoms with E-state index in [1.54, 1.807) is 24.0 Å². The Labute approximate surface area is 158 Å². The highest BCUT2D eigenvalue weighted by atomic mass is 16.5. The van der Waals surface area contributed by atoms with E-state index in [9.17, 15) is 9.59 Å². The Kier molecular flexibility index (Phi) is 4.92. The molecule has 2 aromatic rings. The Hall–Kier alpha value is -2.70. The number of amides is 2. The molecule has 0 N–H and O–H groups in total. The van der Waals surface area contributed by atoms with Crippen LogP contribution in [0, 0.1) is 12.8 Å². The van der Waals surface area contributed by atoms with Gasteiger partial charge in [-0.3, -0.25) is 9.59 Å². The lowest BCUT2D eigenvalue weighted by Gasteiger charge is -2.27. The molecule has 4 rings (SSSR count). The molecule has 142 valence electrons. The highest BCUT2D eigenvalue weighted by molar-refractivity contribution is 5.94. The normalized spacial score (nSPS) is 20.4. The van der Waals surface area contributed by atoms with Gasteiger partial charge in [-0.2, -0.15) is 4.98 Å². The summed E-state index contributed by atoms with van der Waals surface area (Å²) in [5, 5.41) is 3.89. The van der Waals surface area contributed by atoms with Crippen LogP contribution >= 0.6 is 0 Å². The topological polar surface area (TPSA) is 79.5 Å². The van der Waals surface area contributed by atoms with Crippen molar-refractivity contribution in [1.29, 1.82) is 0 Å². The maximum atomic E-state index is 13.1. The molecule has 2 amide bonds. The standard InChI is InChI=1S/C20H24N4O3/c1-14-21-19(27-22-14)17-9-10-23(18(25)13-15-7-8-15)11-12-24(17)20(26)16-5-3-2-4-6-16/h2-6,15,17H,7-13H2,1H3. The number of aryl methyl sites for hydroxylation is 1. The van der Waals surface area contributed by atoms with Gasteiger partial charge in [-0.05, 0) is 44.2 Å². The minimum Gasteiger partial charge on any atom is -0.341 e. The van der Waals surface area contributed by atoms with Crippen LogP contribution in [-0.4, -0.2) is 51.4 Å². The Morgan fingerprint density at radius 2 is 1.89 bits per heavy atom. The van der Waals surface area contributed by atoms with Gasteiger partial charge in [0.15, 0.2) is 5.82 Å². The first kappa shape index (κ1) is 17.7. The first-order valence-corrected chi connectivity index (χ1v) is 9.56. The van der Waals surface area contributed by atoms with Crippen molar-refractivity contribution in [1.82, 2.24) is 19.9 Å². The van der Waals surface area contributed by atoms with Gasteiger partial charge in [0.1, 0.15) is 6.04 Å². The summed E-state index contributed by atoms with van der Waals surface area (Å²) < 4.78 is 5.39. The van der Waals surface area contributed by atoms with Crippen LogP contribution in [0.25, 0.3) is 0 Å². The molecule has 1 aromatic carbocycles. The number of benzene rings is 1. The molecule has 27 heavy (non-hydrogen) atoms. The smallest absolute Gasteiger partial charge is 0.254 e. The maximum Gasteiger partial charge on any atom is 0.254 e. The zero-order chi connectivity index (χ0) is 18.8. The van der Waals surface area contributed by atoms with Crippen LogP contribution in [0.15, 0.2) is 34.9 Å². The van der Waals surface area contributed by atoms with Crippen LogP contribution in [-0.2, 0) is 4.79 Å². The van der Waals surface area contributed by atoms with Crippen molar-refractivity contribution in [3.8, 4) is 0 Å². The SMILES string of the molecule is Cc1noc(C2CCN(C(=O)CC3CC3)CCN2C(=O)c2ccccc2)n1. The molecule has 1 aliphatic carbocycles. The third kappa shape index (κ3) is 4.02. The number of carbonyl (C=O) groups excluding carboxylic acids is 2. The summed E-state index contributed by atoms with van der Waals surface area (Å²) in [6, 6.07) is 8.87. The predicted octanol–water partition coefficient (Wildman–Crippen LogP) is 2.59. The van der Waals surface area contributed by atoms with E-state index in [0.717, 1.165) is 12.8 Å². The Balaban J connectivity index is 1.57. The van der Waals surface area contributed by atoms with Gasteiger partial charge in [0.05, 0.1) is 0 Å². The summed E-state index contributed by atoms with van der Waals surface area (Å²) in [6.07, 6.45) is 3.53. The molecule has 1 saturated heterocycles. The molecule has 2 fully saturated rings. The van der Waals surface area contributed by atoms with Crippen LogP contribution < -0.4 is 0 Å². The predicted molar refractivity (Wildman–Crippen MR) is 97.8 cm³/mol. The summed E-state index contributed by atoms with van der Waals surface area (Å²) in [7, 11) is 0. The van der Waals surface area contributed by atoms with Crippen LogP contribution in [0.3, 0.4) is 0 Å². The minimum absolute atomic E-state index is 0.0760. The quantitative estimate of drug-likeness (QED) is 0.829. The molecule has 0 bridgehead atoms. The van der Waals surface area contributed by atoms with Gasteiger partial charge in [-0.15, -0.1) is 0 Å². The van der Waals surface area contributed by atoms with E-state index in [2.05, 4.69) is 10.1 Å². The summed E-state index contributed by atoms with van der Waals surface area (Å²) in [6.45, 7) is 3.35. The number of aromatic nitrogens is 2. The summed E-state index contributed by atoms with van der Waals surface area (Å²) in [5.74, 6) is 1.65. The molecule has 0 spiro atoms. The zero-order valence-electron chi connectivity index (χ0n) is 15.5. The lowest BCUT2D eigenvalue weighted by molar-refractivity contribution is -0.131. The van der Waals surface area contributed by atoms with Crippen LogP contribution in [0.5, 0.6) is 0 Å². The van der Waals surface area contributed by atoms with E-state index in [-0.39, 0.29) is 17.9 Å². The molecule has 1 saturated carbocycles. The molecular formula is C20H24N4O3. The molecule has 7 nitrogen and oxygen atoms in total. The maximum absolute atomic E-state index is 13.1. The molecule has 0 radical (unpaired) electrons. The molecule has 7 heteroatoms. The second kappa shape index (κ2) is 7.50. The van der Waals surface area contributed by atoms with Gasteiger partial charge in [0.25, 0.3) is 5.91 Å². The van der Waals surface area contributed by atoms with Crippen molar-refractivity contribution in [2.45, 2.75) is 38.6 Å². The molecule has 1 aliphatic heterocycles. The van der Waals surface area contributed by atoms with Gasteiger partial charge < -0.3 is 14.3 Å². The van der Waals surface area contributed by atoms with E-state index < -0.39 is 0 Å². The number of nitrogens with zero attached hydrogens (tertiary/aromatic N) is 4. The van der Waals surface area contributed by atoms with Crippen molar-refractivity contribution < 1.29 is 14.1 Å². The summed E-state index contributed by atoms with van der Waals surface area (Å²) >= 11 is 0. The highest BCUT2D eigenvalue weighted by Gasteiger charge is 2.35. The van der Waals surface area contributed by atoms with E-state index >= 15 is 0 Å². The molecule has 2 aliphatic rings. The third-order valence-electron chi connectivity index (χ3n) is 5.28. The Morgan fingerprint density at radius 3 is 2.56 bits per heavy atom. The number of hydrogen-bond acceptors (Lipinski definition) is 5. The fourth-order valence-corrected chi connectivity index (χ4v) is 3.57.